The predicted octanol–water partition coefficient (Wildman–Crippen LogP) is -3.49. The standard InChI is InChI=1S/C93H150N24O21S/c1-50(101-78(124)52(3)103-80(126)54(5)105-82(128)56(7)107-89(135)71-29-28-61-49-139-62-45-72(92(138)117(61)71)116(48-62)73(118)30-31-74(119)120)76(122)100-51(2)77(123)102-53(4)79(125)104-55(6)81(127)106-57(8)83(129)113-70(46-93(9,10)11)91(137)115-42-34-59(35-43-115)90(136)114-40-32-58(33-41-114)84(130)108-65(24-14-18-36-94)85(131)109-66(25-15-19-37-95)86(132)110-67(26-16-20-38-96)87(133)111-68(27-17-21-39-97)88(134)112-69(75(98)121)44-60-47-99-64-23-13-12-22-63(60)64/h12-13,22-23,47,50-59,61-62,65-72,99H,14-21,24-46,48-49,94-97H2,1-11H3,(H2,98,121)(H,100,122)(H,101,124)(H,102,123)(H,103,126)(H,104,125)(H,105,128)(H,106,127)(H,107,135)(H,108,130)(H,109,131)(H,110,132)(H,111,133)(H,112,134)(H,113,129)(H,119,120)/t50-,51-,52-,53-,54-,55-,56-,57-,61?,62+,65-,66-,67-,68-,69-,70-,71-,72+/m0/s1. The molecule has 2 bridgehead atoms. The summed E-state index contributed by atoms with van der Waals surface area (Å²) < 4.78 is 0. The van der Waals surface area contributed by atoms with Gasteiger partial charge in [0, 0.05) is 91.5 Å². The third-order valence-electron chi connectivity index (χ3n) is 25.9. The normalized spacial score (nSPS) is 19.7. The van der Waals surface area contributed by atoms with Crippen molar-refractivity contribution in [2.24, 2.45) is 45.9 Å². The Morgan fingerprint density at radius 2 is 0.827 bits per heavy atom. The molecular weight excluding hydrogens is 1820 g/mol. The van der Waals surface area contributed by atoms with E-state index in [1.165, 1.54) is 65.2 Å². The van der Waals surface area contributed by atoms with Gasteiger partial charge >= 0.3 is 5.97 Å². The minimum absolute atomic E-state index is 0.0267. The fourth-order valence-electron chi connectivity index (χ4n) is 17.5. The number of benzene rings is 1. The molecule has 6 heterocycles. The lowest BCUT2D eigenvalue weighted by Crippen LogP contribution is -2.59. The number of primary amides is 1. The monoisotopic (exact) mass is 1970 g/mol. The molecule has 0 radical (unpaired) electrons. The maximum absolute atomic E-state index is 14.5. The van der Waals surface area contributed by atoms with Crippen LogP contribution in [0, 0.1) is 17.3 Å². The van der Waals surface area contributed by atoms with Crippen LogP contribution in [0.1, 0.15) is 223 Å². The van der Waals surface area contributed by atoms with Crippen molar-refractivity contribution in [3.05, 3.63) is 36.0 Å². The summed E-state index contributed by atoms with van der Waals surface area (Å²) in [6.07, 6.45) is 7.72. The Morgan fingerprint density at radius 3 is 1.24 bits per heavy atom. The maximum atomic E-state index is 14.5. The van der Waals surface area contributed by atoms with Gasteiger partial charge in [-0.25, -0.2) is 0 Å². The average Bonchev–Trinajstić information content (AvgIpc) is 1.62. The van der Waals surface area contributed by atoms with Gasteiger partial charge in [-0.2, -0.15) is 11.8 Å². The number of aromatic amines is 1. The average molecular weight is 1970 g/mol. The Balaban J connectivity index is 0.821. The molecule has 0 spiro atoms. The molecule has 2 aromatic rings. The minimum atomic E-state index is -1.29. The Labute approximate surface area is 815 Å². The minimum Gasteiger partial charge on any atom is -0.481 e. The van der Waals surface area contributed by atoms with Crippen LogP contribution in [0.15, 0.2) is 30.5 Å². The Kier molecular flexibility index (Phi) is 45.5. The number of fused-ring (bicyclic) bond motifs is 4. The number of carboxylic acid groups (broad SMARTS) is 1. The van der Waals surface area contributed by atoms with Gasteiger partial charge in [0.25, 0.3) is 0 Å². The highest BCUT2D eigenvalue weighted by atomic mass is 32.2. The molecule has 18 atom stereocenters. The smallest absolute Gasteiger partial charge is 0.303 e. The molecule has 0 aliphatic carbocycles. The van der Waals surface area contributed by atoms with Crippen LogP contribution in [0.5, 0.6) is 0 Å². The van der Waals surface area contributed by atoms with E-state index >= 15 is 0 Å². The van der Waals surface area contributed by atoms with Crippen molar-refractivity contribution in [1.82, 2.24) is 99.0 Å². The number of likely N-dealkylation sites (tertiary alicyclic amines) is 3. The molecule has 139 heavy (non-hydrogen) atoms. The first-order valence-corrected chi connectivity index (χ1v) is 49.8. The Hall–Kier alpha value is -11.7. The lowest BCUT2D eigenvalue weighted by molar-refractivity contribution is -0.149. The SMILES string of the molecule is C[C@H](NC(=O)[C@H](C)NC(=O)[C@H](C)NC(=O)[C@H](C)NC(=O)[C@H](C)NC(=O)[C@@H]1CCC2CS[C@@H]3C[C@H](C(=O)N21)N(C(=O)CCC(=O)O)C3)C(=O)N[C@@H](C)C(=O)N[C@@H](C)C(=O)N[C@@H](C)C(=O)N[C@@H](CC(C)(C)C)C(=O)N1CCC(C(=O)N2CCC(C(=O)N[C@@H](CCCCN)C(=O)N[C@@H](CCCCN)C(=O)N[C@@H](CCCCN)C(=O)N[C@@H](CCCCN)C(=O)N[C@@H](Cc3c[nH]c4ccccc34)C(N)=O)CC2)CC1. The summed E-state index contributed by atoms with van der Waals surface area (Å²) in [5.41, 5.74) is 30.3. The molecule has 5 aliphatic heterocycles. The van der Waals surface area contributed by atoms with Gasteiger partial charge in [-0.05, 0) is 227 Å². The fourth-order valence-corrected chi connectivity index (χ4v) is 18.9. The van der Waals surface area contributed by atoms with Crippen LogP contribution < -0.4 is 103 Å². The highest BCUT2D eigenvalue weighted by molar-refractivity contribution is 8.00. The second-order valence-electron chi connectivity index (χ2n) is 38.4. The van der Waals surface area contributed by atoms with Crippen LogP contribution in [-0.4, -0.2) is 321 Å². The zero-order valence-corrected chi connectivity index (χ0v) is 82.8. The second-order valence-corrected chi connectivity index (χ2v) is 39.7. The Bertz CT molecular complexity index is 4630. The van der Waals surface area contributed by atoms with Crippen molar-refractivity contribution in [2.45, 2.75) is 332 Å². The van der Waals surface area contributed by atoms with Gasteiger partial charge in [0.1, 0.15) is 96.7 Å². The number of rotatable bonds is 53. The van der Waals surface area contributed by atoms with E-state index in [1.54, 1.807) is 27.8 Å². The van der Waals surface area contributed by atoms with E-state index in [-0.39, 0.29) is 127 Å². The highest BCUT2D eigenvalue weighted by Gasteiger charge is 2.51. The van der Waals surface area contributed by atoms with Crippen LogP contribution in [0.25, 0.3) is 10.9 Å². The number of unbranched alkanes of at least 4 members (excludes halogenated alkanes) is 4. The zero-order chi connectivity index (χ0) is 103. The molecule has 7 rings (SSSR count). The van der Waals surface area contributed by atoms with Gasteiger partial charge in [-0.1, -0.05) is 39.0 Å². The number of aliphatic carboxylic acids is 1. The number of para-hydroxylation sites is 1. The van der Waals surface area contributed by atoms with Crippen molar-refractivity contribution in [2.75, 3.05) is 64.7 Å². The molecule has 5 saturated heterocycles. The summed E-state index contributed by atoms with van der Waals surface area (Å²) >= 11 is 1.59. The summed E-state index contributed by atoms with van der Waals surface area (Å²) in [5.74, 6) is -14.1. The number of hydrogen-bond acceptors (Lipinski definition) is 25. The van der Waals surface area contributed by atoms with Crippen molar-refractivity contribution in [3.8, 4) is 0 Å². The molecule has 19 amide bonds. The van der Waals surface area contributed by atoms with E-state index in [0.29, 0.717) is 95.9 Å². The van der Waals surface area contributed by atoms with Crippen molar-refractivity contribution in [3.63, 3.8) is 0 Å². The number of amides is 19. The number of carboxylic acids is 1. The van der Waals surface area contributed by atoms with Gasteiger partial charge in [0.05, 0.1) is 6.42 Å². The molecule has 5 aliphatic rings. The number of nitrogens with two attached hydrogens (primary N) is 5. The summed E-state index contributed by atoms with van der Waals surface area (Å²) in [6, 6.07) is -11.7. The summed E-state index contributed by atoms with van der Waals surface area (Å²) in [7, 11) is 0. The highest BCUT2D eigenvalue weighted by Crippen LogP contribution is 2.39. The van der Waals surface area contributed by atoms with Crippen molar-refractivity contribution < 1.29 is 101 Å². The molecule has 5 fully saturated rings. The first-order valence-electron chi connectivity index (χ1n) is 48.7. The van der Waals surface area contributed by atoms with Crippen LogP contribution >= 0.6 is 11.8 Å². The lowest BCUT2D eigenvalue weighted by atomic mass is 9.86. The summed E-state index contributed by atoms with van der Waals surface area (Å²) in [5, 5.41) is 46.8. The molecule has 26 N–H and O–H groups in total. The van der Waals surface area contributed by atoms with Crippen LogP contribution in [0.2, 0.25) is 0 Å². The number of aromatic nitrogens is 1. The van der Waals surface area contributed by atoms with Gasteiger partial charge in [-0.15, -0.1) is 0 Å². The van der Waals surface area contributed by atoms with E-state index in [9.17, 15) is 95.9 Å². The third-order valence-corrected chi connectivity index (χ3v) is 27.3. The number of hydrogen-bond donors (Lipinski definition) is 21. The molecule has 1 unspecified atom stereocenters. The molecular formula is C93H150N24O21S. The third kappa shape index (κ3) is 35.0. The van der Waals surface area contributed by atoms with E-state index in [0.717, 1.165) is 16.5 Å². The number of H-pyrrole nitrogens is 1. The number of nitrogens with zero attached hydrogens (tertiary/aromatic N) is 4. The van der Waals surface area contributed by atoms with E-state index in [4.69, 9.17) is 33.8 Å². The van der Waals surface area contributed by atoms with Gasteiger partial charge in [0.15, 0.2) is 0 Å². The first-order chi connectivity index (χ1) is 65.8. The number of piperidine rings is 2. The zero-order valence-electron chi connectivity index (χ0n) is 82.0. The molecule has 1 aromatic carbocycles. The second kappa shape index (κ2) is 55.4. The van der Waals surface area contributed by atoms with E-state index < -0.39 is 233 Å². The van der Waals surface area contributed by atoms with Crippen molar-refractivity contribution >= 4 is 141 Å². The van der Waals surface area contributed by atoms with E-state index in [2.05, 4.69) is 79.4 Å². The number of nitrogens with one attached hydrogen (secondary N) is 15. The first kappa shape index (κ1) is 114. The van der Waals surface area contributed by atoms with Crippen LogP contribution in [-0.2, 0) is 102 Å². The number of thioether (sulfide) groups is 1. The lowest BCUT2D eigenvalue weighted by Gasteiger charge is -2.38. The van der Waals surface area contributed by atoms with Crippen molar-refractivity contribution in [1.29, 1.82) is 0 Å². The van der Waals surface area contributed by atoms with Crippen LogP contribution in [0.3, 0.4) is 0 Å². The predicted molar refractivity (Wildman–Crippen MR) is 515 cm³/mol. The van der Waals surface area contributed by atoms with Gasteiger partial charge in [0.2, 0.25) is 112 Å². The number of carbonyl (C=O) groups excluding carboxylic acids is 19. The van der Waals surface area contributed by atoms with Crippen LogP contribution in [0.4, 0.5) is 0 Å². The van der Waals surface area contributed by atoms with Gasteiger partial charge in [-0.3, -0.25) is 95.9 Å². The summed E-state index contributed by atoms with van der Waals surface area (Å²) in [4.78, 5) is 282. The van der Waals surface area contributed by atoms with E-state index in [1.807, 2.05) is 45.0 Å². The molecule has 45 nitrogen and oxygen atoms in total. The maximum Gasteiger partial charge on any atom is 0.303 e. The quantitative estimate of drug-likeness (QED) is 0.0286. The molecule has 774 valence electrons. The fraction of sp³-hybridized carbons (Fsp3) is 0.699. The van der Waals surface area contributed by atoms with Gasteiger partial charge < -0.3 is 133 Å². The molecule has 0 saturated carbocycles. The number of carbonyl (C=O) groups is 20. The largest absolute Gasteiger partial charge is 0.481 e. The summed E-state index contributed by atoms with van der Waals surface area (Å²) in [6.45, 7) is 18.6. The molecule has 1 aromatic heterocycles. The topological polar surface area (TPSA) is 689 Å². The molecule has 46 heteroatoms. The Morgan fingerprint density at radius 1 is 0.446 bits per heavy atom.